The molecule has 0 radical (unpaired) electrons. The monoisotopic (exact) mass is 394 g/mol. The molecule has 8 nitrogen and oxygen atoms in total. The Hall–Kier alpha value is -2.64. The molecule has 156 valence electrons. The van der Waals surface area contributed by atoms with Crippen molar-refractivity contribution >= 4 is 17.8 Å². The van der Waals surface area contributed by atoms with Crippen LogP contribution in [0.25, 0.3) is 0 Å². The molecule has 2 atom stereocenters. The van der Waals surface area contributed by atoms with Crippen LogP contribution in [0.3, 0.4) is 0 Å². The molecule has 1 N–H and O–H groups in total. The largest absolute Gasteiger partial charge is 0.493 e. The lowest BCUT2D eigenvalue weighted by molar-refractivity contribution is -0.151. The summed E-state index contributed by atoms with van der Waals surface area (Å²) in [5.74, 6) is -1.29. The van der Waals surface area contributed by atoms with Crippen LogP contribution in [0.1, 0.15) is 64.4 Å². The van der Waals surface area contributed by atoms with Gasteiger partial charge in [0.25, 0.3) is 5.91 Å². The molecule has 1 heterocycles. The highest BCUT2D eigenvalue weighted by Gasteiger charge is 2.27. The maximum atomic E-state index is 12.7. The lowest BCUT2D eigenvalue weighted by Gasteiger charge is -2.21. The summed E-state index contributed by atoms with van der Waals surface area (Å²) >= 11 is 0. The van der Waals surface area contributed by atoms with Gasteiger partial charge in [-0.25, -0.2) is 9.78 Å². The number of hydrogen-bond donors (Lipinski definition) is 1. The molecule has 0 fully saturated rings. The van der Waals surface area contributed by atoms with E-state index in [0.717, 1.165) is 6.42 Å². The maximum Gasteiger partial charge on any atom is 0.328 e. The Balaban J connectivity index is 3.00. The van der Waals surface area contributed by atoms with Gasteiger partial charge in [-0.05, 0) is 25.7 Å². The Morgan fingerprint density at radius 3 is 2.43 bits per heavy atom. The van der Waals surface area contributed by atoms with Crippen molar-refractivity contribution in [1.29, 1.82) is 0 Å². The van der Waals surface area contributed by atoms with E-state index < -0.39 is 23.9 Å². The van der Waals surface area contributed by atoms with Crippen LogP contribution in [0.4, 0.5) is 0 Å². The van der Waals surface area contributed by atoms with Crippen LogP contribution in [0.5, 0.6) is 11.5 Å². The predicted molar refractivity (Wildman–Crippen MR) is 103 cm³/mol. The van der Waals surface area contributed by atoms with Crippen LogP contribution in [-0.2, 0) is 14.3 Å². The minimum atomic E-state index is -0.828. The number of esters is 2. The van der Waals surface area contributed by atoms with E-state index in [1.54, 1.807) is 0 Å². The van der Waals surface area contributed by atoms with E-state index in [-0.39, 0.29) is 23.3 Å². The summed E-state index contributed by atoms with van der Waals surface area (Å²) in [6, 6.07) is 0.644. The second kappa shape index (κ2) is 11.3. The van der Waals surface area contributed by atoms with Crippen LogP contribution in [0.2, 0.25) is 0 Å². The van der Waals surface area contributed by atoms with Crippen molar-refractivity contribution in [1.82, 2.24) is 10.3 Å². The zero-order valence-corrected chi connectivity index (χ0v) is 17.4. The lowest BCUT2D eigenvalue weighted by Crippen LogP contribution is -2.43. The van der Waals surface area contributed by atoms with E-state index in [4.69, 9.17) is 14.2 Å². The van der Waals surface area contributed by atoms with E-state index in [0.29, 0.717) is 18.8 Å². The fourth-order valence-electron chi connectivity index (χ4n) is 2.75. The van der Waals surface area contributed by atoms with Crippen molar-refractivity contribution in [3.05, 3.63) is 18.0 Å². The minimum absolute atomic E-state index is 0.0909. The Kier molecular flexibility index (Phi) is 9.41. The third-order valence-corrected chi connectivity index (χ3v) is 3.84. The molecule has 0 aliphatic carbocycles. The van der Waals surface area contributed by atoms with Gasteiger partial charge in [0.1, 0.15) is 6.04 Å². The molecule has 1 aromatic heterocycles. The molecular weight excluding hydrogens is 364 g/mol. The number of carbonyl (C=O) groups excluding carboxylic acids is 3. The van der Waals surface area contributed by atoms with Gasteiger partial charge in [-0.3, -0.25) is 9.59 Å². The van der Waals surface area contributed by atoms with E-state index in [1.807, 2.05) is 27.7 Å². The highest BCUT2D eigenvalue weighted by molar-refractivity contribution is 5.98. The highest BCUT2D eigenvalue weighted by Crippen LogP contribution is 2.29. The van der Waals surface area contributed by atoms with Gasteiger partial charge in [-0.1, -0.05) is 27.2 Å². The normalized spacial score (nSPS) is 12.8. The quantitative estimate of drug-likeness (QED) is 0.609. The van der Waals surface area contributed by atoms with Crippen molar-refractivity contribution < 1.29 is 28.6 Å². The molecule has 28 heavy (non-hydrogen) atoms. The molecule has 1 rings (SSSR count). The average Bonchev–Trinajstić information content (AvgIpc) is 2.60. The van der Waals surface area contributed by atoms with E-state index in [9.17, 15) is 14.4 Å². The summed E-state index contributed by atoms with van der Waals surface area (Å²) in [5, 5.41) is 2.63. The van der Waals surface area contributed by atoms with E-state index in [1.165, 1.54) is 26.3 Å². The van der Waals surface area contributed by atoms with Gasteiger partial charge in [-0.15, -0.1) is 0 Å². The fraction of sp³-hybridized carbons (Fsp3) is 0.600. The number of amides is 1. The van der Waals surface area contributed by atoms with Crippen LogP contribution in [0, 0.1) is 5.92 Å². The number of rotatable bonds is 10. The van der Waals surface area contributed by atoms with Crippen molar-refractivity contribution in [2.75, 3.05) is 7.11 Å². The van der Waals surface area contributed by atoms with Gasteiger partial charge in [-0.2, -0.15) is 0 Å². The standard InChI is InChI=1S/C20H30N2O6/c1-7-8-15(20(25)27-13(4)11-12(2)3)22-19(24)17-18(28-14(5)23)16(26-6)9-10-21-17/h9-10,12-13,15H,7-8,11H2,1-6H3,(H,22,24)/t13?,15-/m0/s1. The van der Waals surface area contributed by atoms with Gasteiger partial charge >= 0.3 is 11.9 Å². The van der Waals surface area contributed by atoms with Crippen LogP contribution >= 0.6 is 0 Å². The zero-order valence-electron chi connectivity index (χ0n) is 17.4. The van der Waals surface area contributed by atoms with Crippen molar-refractivity contribution in [3.8, 4) is 11.5 Å². The first-order valence-corrected chi connectivity index (χ1v) is 9.42. The molecule has 0 spiro atoms. The molecule has 0 aliphatic rings. The fourth-order valence-corrected chi connectivity index (χ4v) is 2.75. The average molecular weight is 394 g/mol. The molecular formula is C20H30N2O6. The topological polar surface area (TPSA) is 104 Å². The molecule has 1 aromatic rings. The number of methoxy groups -OCH3 is 1. The Bertz CT molecular complexity index is 689. The highest BCUT2D eigenvalue weighted by atomic mass is 16.6. The summed E-state index contributed by atoms with van der Waals surface area (Å²) in [7, 11) is 1.39. The van der Waals surface area contributed by atoms with Crippen LogP contribution in [-0.4, -0.2) is 42.1 Å². The summed E-state index contributed by atoms with van der Waals surface area (Å²) < 4.78 is 15.7. The third kappa shape index (κ3) is 7.17. The van der Waals surface area contributed by atoms with E-state index >= 15 is 0 Å². The van der Waals surface area contributed by atoms with Gasteiger partial charge in [0.15, 0.2) is 11.4 Å². The molecule has 0 aliphatic heterocycles. The second-order valence-electron chi connectivity index (χ2n) is 6.98. The first-order chi connectivity index (χ1) is 13.2. The summed E-state index contributed by atoms with van der Waals surface area (Å²) in [6.07, 6.45) is 2.91. The Morgan fingerprint density at radius 1 is 1.21 bits per heavy atom. The van der Waals surface area contributed by atoms with Crippen LogP contribution < -0.4 is 14.8 Å². The number of ether oxygens (including phenoxy) is 3. The number of pyridine rings is 1. The molecule has 0 aromatic carbocycles. The van der Waals surface area contributed by atoms with Crippen molar-refractivity contribution in [3.63, 3.8) is 0 Å². The number of aromatic nitrogens is 1. The zero-order chi connectivity index (χ0) is 21.3. The molecule has 0 saturated heterocycles. The molecule has 0 saturated carbocycles. The molecule has 1 unspecified atom stereocenters. The summed E-state index contributed by atoms with van der Waals surface area (Å²) in [5.41, 5.74) is -0.140. The number of nitrogens with one attached hydrogen (secondary N) is 1. The number of carbonyl (C=O) groups is 3. The van der Waals surface area contributed by atoms with Gasteiger partial charge in [0.05, 0.1) is 13.2 Å². The molecule has 0 bridgehead atoms. The van der Waals surface area contributed by atoms with Gasteiger partial charge in [0.2, 0.25) is 5.75 Å². The number of hydrogen-bond acceptors (Lipinski definition) is 7. The summed E-state index contributed by atoms with van der Waals surface area (Å²) in [6.45, 7) is 9.02. The smallest absolute Gasteiger partial charge is 0.328 e. The van der Waals surface area contributed by atoms with Crippen LogP contribution in [0.15, 0.2) is 12.3 Å². The van der Waals surface area contributed by atoms with Gasteiger partial charge < -0.3 is 19.5 Å². The van der Waals surface area contributed by atoms with Crippen molar-refractivity contribution in [2.45, 2.75) is 66.0 Å². The molecule has 1 amide bonds. The maximum absolute atomic E-state index is 12.7. The SMILES string of the molecule is CCC[C@H](NC(=O)c1nccc(OC)c1OC(C)=O)C(=O)OC(C)CC(C)C. The Labute approximate surface area is 166 Å². The molecule has 8 heteroatoms. The number of nitrogens with zero attached hydrogens (tertiary/aromatic N) is 1. The summed E-state index contributed by atoms with van der Waals surface area (Å²) in [4.78, 5) is 40.6. The Morgan fingerprint density at radius 2 is 1.89 bits per heavy atom. The second-order valence-corrected chi connectivity index (χ2v) is 6.98. The van der Waals surface area contributed by atoms with Crippen molar-refractivity contribution in [2.24, 2.45) is 5.92 Å². The predicted octanol–water partition coefficient (Wildman–Crippen LogP) is 2.89. The first-order valence-electron chi connectivity index (χ1n) is 9.42. The minimum Gasteiger partial charge on any atom is -0.493 e. The first kappa shape index (κ1) is 23.4. The third-order valence-electron chi connectivity index (χ3n) is 3.84. The van der Waals surface area contributed by atoms with Gasteiger partial charge in [0, 0.05) is 19.2 Å². The van der Waals surface area contributed by atoms with E-state index in [2.05, 4.69) is 10.3 Å². The lowest BCUT2D eigenvalue weighted by atomic mass is 10.1.